The molecule has 1 fully saturated rings. The van der Waals surface area contributed by atoms with Gasteiger partial charge in [-0.2, -0.15) is 0 Å². The highest BCUT2D eigenvalue weighted by atomic mass is 16.4. The van der Waals surface area contributed by atoms with Crippen molar-refractivity contribution in [2.45, 2.75) is 26.2 Å². The minimum Gasteiger partial charge on any atom is -0.478 e. The van der Waals surface area contributed by atoms with Crippen molar-refractivity contribution in [2.24, 2.45) is 5.92 Å². The molecule has 0 radical (unpaired) electrons. The fourth-order valence-electron chi connectivity index (χ4n) is 2.86. The smallest absolute Gasteiger partial charge is 0.339 e. The van der Waals surface area contributed by atoms with E-state index in [2.05, 4.69) is 16.8 Å². The summed E-state index contributed by atoms with van der Waals surface area (Å²) in [6.07, 6.45) is 3.78. The second-order valence-corrected chi connectivity index (χ2v) is 5.69. The van der Waals surface area contributed by atoms with Gasteiger partial charge in [-0.1, -0.05) is 24.6 Å². The summed E-state index contributed by atoms with van der Waals surface area (Å²) in [6.45, 7) is 3.74. The molecule has 110 valence electrons. The van der Waals surface area contributed by atoms with Crippen molar-refractivity contribution in [1.29, 1.82) is 0 Å². The minimum atomic E-state index is -0.907. The number of hydrogen-bond acceptors (Lipinski definition) is 3. The zero-order chi connectivity index (χ0) is 14.8. The quantitative estimate of drug-likeness (QED) is 0.912. The standard InChI is InChI=1S/C17H20N2O2/c1-2-19(11-12-6-5-7-12)16-14(17(20)21)10-13-8-3-4-9-15(13)18-16/h3-4,8-10,12H,2,5-7,11H2,1H3,(H,20,21). The average molecular weight is 284 g/mol. The van der Waals surface area contributed by atoms with Gasteiger partial charge in [0, 0.05) is 18.5 Å². The van der Waals surface area contributed by atoms with E-state index in [1.807, 2.05) is 24.3 Å². The van der Waals surface area contributed by atoms with Crippen molar-refractivity contribution in [3.05, 3.63) is 35.9 Å². The number of para-hydroxylation sites is 1. The predicted molar refractivity (Wildman–Crippen MR) is 83.9 cm³/mol. The molecular weight excluding hydrogens is 264 g/mol. The van der Waals surface area contributed by atoms with Gasteiger partial charge in [-0.05, 0) is 37.8 Å². The molecule has 0 saturated heterocycles. The van der Waals surface area contributed by atoms with Crippen LogP contribution in [0.15, 0.2) is 30.3 Å². The van der Waals surface area contributed by atoms with Crippen LogP contribution in [0.1, 0.15) is 36.5 Å². The SMILES string of the molecule is CCN(CC1CCC1)c1nc2ccccc2cc1C(=O)O. The molecule has 4 nitrogen and oxygen atoms in total. The van der Waals surface area contributed by atoms with E-state index in [1.165, 1.54) is 19.3 Å². The van der Waals surface area contributed by atoms with Crippen molar-refractivity contribution in [1.82, 2.24) is 4.98 Å². The molecule has 0 unspecified atom stereocenters. The first-order valence-electron chi connectivity index (χ1n) is 7.57. The lowest BCUT2D eigenvalue weighted by Gasteiger charge is -2.33. The Morgan fingerprint density at radius 1 is 1.38 bits per heavy atom. The Bertz CT molecular complexity index is 665. The number of nitrogens with zero attached hydrogens (tertiary/aromatic N) is 2. The van der Waals surface area contributed by atoms with Gasteiger partial charge >= 0.3 is 5.97 Å². The van der Waals surface area contributed by atoms with Crippen LogP contribution in [0.4, 0.5) is 5.82 Å². The Labute approximate surface area is 124 Å². The molecule has 1 N–H and O–H groups in total. The van der Waals surface area contributed by atoms with Crippen molar-refractivity contribution >= 4 is 22.7 Å². The maximum atomic E-state index is 11.6. The molecular formula is C17H20N2O2. The van der Waals surface area contributed by atoms with Crippen LogP contribution in [-0.4, -0.2) is 29.1 Å². The van der Waals surface area contributed by atoms with Gasteiger partial charge in [-0.15, -0.1) is 0 Å². The topological polar surface area (TPSA) is 53.4 Å². The van der Waals surface area contributed by atoms with Gasteiger partial charge in [-0.25, -0.2) is 9.78 Å². The molecule has 1 aliphatic rings. The summed E-state index contributed by atoms with van der Waals surface area (Å²) in [5, 5.41) is 10.4. The van der Waals surface area contributed by atoms with E-state index in [9.17, 15) is 9.90 Å². The van der Waals surface area contributed by atoms with Gasteiger partial charge in [0.15, 0.2) is 0 Å². The molecule has 1 aromatic carbocycles. The molecule has 0 spiro atoms. The summed E-state index contributed by atoms with van der Waals surface area (Å²) in [4.78, 5) is 18.3. The van der Waals surface area contributed by atoms with E-state index < -0.39 is 5.97 Å². The maximum Gasteiger partial charge on any atom is 0.339 e. The Balaban J connectivity index is 2.04. The summed E-state index contributed by atoms with van der Waals surface area (Å²) in [7, 11) is 0. The average Bonchev–Trinajstić information content (AvgIpc) is 2.45. The van der Waals surface area contributed by atoms with E-state index in [-0.39, 0.29) is 0 Å². The molecule has 3 rings (SSSR count). The Kier molecular flexibility index (Phi) is 3.78. The molecule has 1 aliphatic carbocycles. The number of carbonyl (C=O) groups is 1. The van der Waals surface area contributed by atoms with Crippen molar-refractivity contribution in [3.63, 3.8) is 0 Å². The second kappa shape index (κ2) is 5.72. The molecule has 1 heterocycles. The maximum absolute atomic E-state index is 11.6. The van der Waals surface area contributed by atoms with Crippen LogP contribution in [0.3, 0.4) is 0 Å². The van der Waals surface area contributed by atoms with Crippen LogP contribution in [0, 0.1) is 5.92 Å². The van der Waals surface area contributed by atoms with E-state index in [4.69, 9.17) is 0 Å². The first-order chi connectivity index (χ1) is 10.2. The number of carboxylic acids is 1. The number of fused-ring (bicyclic) bond motifs is 1. The van der Waals surface area contributed by atoms with Gasteiger partial charge in [0.1, 0.15) is 11.4 Å². The largest absolute Gasteiger partial charge is 0.478 e. The van der Waals surface area contributed by atoms with Crippen LogP contribution < -0.4 is 4.90 Å². The summed E-state index contributed by atoms with van der Waals surface area (Å²) >= 11 is 0. The molecule has 2 aromatic rings. The number of carboxylic acid groups (broad SMARTS) is 1. The van der Waals surface area contributed by atoms with Gasteiger partial charge in [0.2, 0.25) is 0 Å². The highest BCUT2D eigenvalue weighted by Crippen LogP contribution is 2.30. The zero-order valence-corrected chi connectivity index (χ0v) is 12.2. The third kappa shape index (κ3) is 2.71. The van der Waals surface area contributed by atoms with E-state index >= 15 is 0 Å². The van der Waals surface area contributed by atoms with Crippen LogP contribution >= 0.6 is 0 Å². The third-order valence-corrected chi connectivity index (χ3v) is 4.32. The summed E-state index contributed by atoms with van der Waals surface area (Å²) in [6, 6.07) is 9.41. The molecule has 0 atom stereocenters. The Morgan fingerprint density at radius 3 is 2.76 bits per heavy atom. The Morgan fingerprint density at radius 2 is 2.14 bits per heavy atom. The van der Waals surface area contributed by atoms with E-state index in [0.29, 0.717) is 17.3 Å². The van der Waals surface area contributed by atoms with Crippen molar-refractivity contribution < 1.29 is 9.90 Å². The fourth-order valence-corrected chi connectivity index (χ4v) is 2.86. The number of aromatic nitrogens is 1. The van der Waals surface area contributed by atoms with Gasteiger partial charge in [0.25, 0.3) is 0 Å². The number of rotatable bonds is 5. The number of anilines is 1. The first kappa shape index (κ1) is 13.9. The molecule has 1 saturated carbocycles. The summed E-state index contributed by atoms with van der Waals surface area (Å²) < 4.78 is 0. The van der Waals surface area contributed by atoms with Crippen molar-refractivity contribution in [2.75, 3.05) is 18.0 Å². The second-order valence-electron chi connectivity index (χ2n) is 5.69. The van der Waals surface area contributed by atoms with Gasteiger partial charge in [0.05, 0.1) is 5.52 Å². The van der Waals surface area contributed by atoms with Crippen LogP contribution in [0.2, 0.25) is 0 Å². The lowest BCUT2D eigenvalue weighted by Crippen LogP contribution is -2.34. The van der Waals surface area contributed by atoms with Gasteiger partial charge < -0.3 is 10.0 Å². The van der Waals surface area contributed by atoms with Crippen LogP contribution in [0.25, 0.3) is 10.9 Å². The van der Waals surface area contributed by atoms with Gasteiger partial charge in [-0.3, -0.25) is 0 Å². The normalized spacial score (nSPS) is 14.9. The predicted octanol–water partition coefficient (Wildman–Crippen LogP) is 3.56. The number of benzene rings is 1. The number of pyridine rings is 1. The highest BCUT2D eigenvalue weighted by molar-refractivity contribution is 5.98. The number of aromatic carboxylic acids is 1. The summed E-state index contributed by atoms with van der Waals surface area (Å²) in [5.74, 6) is 0.380. The molecule has 1 aromatic heterocycles. The van der Waals surface area contributed by atoms with E-state index in [1.54, 1.807) is 6.07 Å². The summed E-state index contributed by atoms with van der Waals surface area (Å²) in [5.41, 5.74) is 1.15. The first-order valence-corrected chi connectivity index (χ1v) is 7.57. The fraction of sp³-hybridized carbons (Fsp3) is 0.412. The molecule has 0 bridgehead atoms. The molecule has 21 heavy (non-hydrogen) atoms. The van der Waals surface area contributed by atoms with E-state index in [0.717, 1.165) is 24.0 Å². The molecule has 4 heteroatoms. The monoisotopic (exact) mass is 284 g/mol. The molecule has 0 aliphatic heterocycles. The van der Waals surface area contributed by atoms with Crippen LogP contribution in [-0.2, 0) is 0 Å². The Hall–Kier alpha value is -2.10. The van der Waals surface area contributed by atoms with Crippen molar-refractivity contribution in [3.8, 4) is 0 Å². The molecule has 0 amide bonds. The minimum absolute atomic E-state index is 0.301. The number of hydrogen-bond donors (Lipinski definition) is 1. The zero-order valence-electron chi connectivity index (χ0n) is 12.2. The highest BCUT2D eigenvalue weighted by Gasteiger charge is 2.24. The lowest BCUT2D eigenvalue weighted by atomic mass is 9.85. The van der Waals surface area contributed by atoms with Crippen LogP contribution in [0.5, 0.6) is 0 Å². The third-order valence-electron chi connectivity index (χ3n) is 4.32. The lowest BCUT2D eigenvalue weighted by molar-refractivity contribution is 0.0697.